The molecular formula is C6H9Cl2NO. The molecule has 0 aromatic heterocycles. The Labute approximate surface area is 70.1 Å². The molecular weight excluding hydrogens is 173 g/mol. The summed E-state index contributed by atoms with van der Waals surface area (Å²) in [7, 11) is 3.40. The van der Waals surface area contributed by atoms with Crippen LogP contribution in [0.1, 0.15) is 6.42 Å². The monoisotopic (exact) mass is 181 g/mol. The highest BCUT2D eigenvalue weighted by atomic mass is 35.5. The molecule has 1 fully saturated rings. The fourth-order valence-electron chi connectivity index (χ4n) is 0.793. The Bertz CT molecular complexity index is 167. The average molecular weight is 182 g/mol. The zero-order valence-corrected chi connectivity index (χ0v) is 7.41. The van der Waals surface area contributed by atoms with Crippen LogP contribution in [0.4, 0.5) is 0 Å². The summed E-state index contributed by atoms with van der Waals surface area (Å²) in [5.74, 6) is -0.157. The highest BCUT2D eigenvalue weighted by Gasteiger charge is 2.56. The fraction of sp³-hybridized carbons (Fsp3) is 0.833. The molecule has 1 aliphatic rings. The van der Waals surface area contributed by atoms with E-state index in [1.807, 2.05) is 0 Å². The fourth-order valence-corrected chi connectivity index (χ4v) is 1.29. The molecule has 0 radical (unpaired) electrons. The lowest BCUT2D eigenvalue weighted by Crippen LogP contribution is -2.25. The van der Waals surface area contributed by atoms with Gasteiger partial charge in [-0.15, -0.1) is 23.2 Å². The number of carbonyl (C=O) groups is 1. The minimum Gasteiger partial charge on any atom is -0.348 e. The van der Waals surface area contributed by atoms with Gasteiger partial charge in [0, 0.05) is 14.1 Å². The molecule has 0 aliphatic heterocycles. The molecule has 2 nitrogen and oxygen atoms in total. The van der Waals surface area contributed by atoms with Gasteiger partial charge in [-0.1, -0.05) is 0 Å². The van der Waals surface area contributed by atoms with E-state index in [4.69, 9.17) is 23.2 Å². The van der Waals surface area contributed by atoms with E-state index in [1.165, 1.54) is 4.90 Å². The van der Waals surface area contributed by atoms with Crippen LogP contribution in [0.15, 0.2) is 0 Å². The van der Waals surface area contributed by atoms with Crippen molar-refractivity contribution in [3.05, 3.63) is 0 Å². The molecule has 1 rings (SSSR count). The predicted octanol–water partition coefficient (Wildman–Crippen LogP) is 1.27. The third kappa shape index (κ3) is 1.38. The minimum absolute atomic E-state index is 0.0185. The Hall–Kier alpha value is 0.0500. The van der Waals surface area contributed by atoms with Crippen LogP contribution in [0.3, 0.4) is 0 Å². The van der Waals surface area contributed by atoms with Gasteiger partial charge in [0.15, 0.2) is 0 Å². The van der Waals surface area contributed by atoms with Crippen molar-refractivity contribution in [1.82, 2.24) is 4.90 Å². The van der Waals surface area contributed by atoms with Crippen molar-refractivity contribution in [2.45, 2.75) is 10.8 Å². The number of alkyl halides is 2. The van der Waals surface area contributed by atoms with Crippen LogP contribution in [0.5, 0.6) is 0 Å². The van der Waals surface area contributed by atoms with Crippen molar-refractivity contribution in [3.8, 4) is 0 Å². The number of carbonyl (C=O) groups excluding carboxylic acids is 1. The van der Waals surface area contributed by atoms with E-state index in [1.54, 1.807) is 14.1 Å². The first-order chi connectivity index (χ1) is 4.45. The molecule has 0 N–H and O–H groups in total. The highest BCUT2D eigenvalue weighted by Crippen LogP contribution is 2.53. The van der Waals surface area contributed by atoms with Crippen LogP contribution in [0.2, 0.25) is 0 Å². The summed E-state index contributed by atoms with van der Waals surface area (Å²) < 4.78 is -0.776. The normalized spacial score (nSPS) is 27.8. The number of rotatable bonds is 1. The van der Waals surface area contributed by atoms with Crippen molar-refractivity contribution in [2.75, 3.05) is 14.1 Å². The molecule has 1 amide bonds. The maximum absolute atomic E-state index is 11.1. The first-order valence-electron chi connectivity index (χ1n) is 3.04. The summed E-state index contributed by atoms with van der Waals surface area (Å²) in [6.45, 7) is 0. The maximum Gasteiger partial charge on any atom is 0.228 e. The van der Waals surface area contributed by atoms with Crippen LogP contribution < -0.4 is 0 Å². The summed E-state index contributed by atoms with van der Waals surface area (Å²) in [5.41, 5.74) is 0. The Morgan fingerprint density at radius 1 is 1.60 bits per heavy atom. The summed E-state index contributed by atoms with van der Waals surface area (Å²) in [6.07, 6.45) is 0.590. The number of halogens is 2. The van der Waals surface area contributed by atoms with Crippen molar-refractivity contribution in [2.24, 2.45) is 5.92 Å². The Morgan fingerprint density at radius 3 is 2.10 bits per heavy atom. The summed E-state index contributed by atoms with van der Waals surface area (Å²) >= 11 is 11.3. The summed E-state index contributed by atoms with van der Waals surface area (Å²) in [4.78, 5) is 12.6. The summed E-state index contributed by atoms with van der Waals surface area (Å²) in [5, 5.41) is 0. The zero-order chi connectivity index (χ0) is 7.94. The van der Waals surface area contributed by atoms with E-state index >= 15 is 0 Å². The van der Waals surface area contributed by atoms with Crippen LogP contribution in [0.25, 0.3) is 0 Å². The Morgan fingerprint density at radius 2 is 2.00 bits per heavy atom. The third-order valence-electron chi connectivity index (χ3n) is 1.56. The topological polar surface area (TPSA) is 20.3 Å². The summed E-state index contributed by atoms with van der Waals surface area (Å²) in [6, 6.07) is 0. The van der Waals surface area contributed by atoms with Gasteiger partial charge in [0.05, 0.1) is 5.92 Å². The van der Waals surface area contributed by atoms with Gasteiger partial charge < -0.3 is 4.90 Å². The molecule has 1 saturated carbocycles. The zero-order valence-electron chi connectivity index (χ0n) is 5.90. The number of amides is 1. The number of nitrogens with zero attached hydrogens (tertiary/aromatic N) is 1. The molecule has 10 heavy (non-hydrogen) atoms. The van der Waals surface area contributed by atoms with Crippen LogP contribution in [-0.2, 0) is 4.79 Å². The Balaban J connectivity index is 2.48. The Kier molecular flexibility index (Phi) is 1.86. The van der Waals surface area contributed by atoms with E-state index < -0.39 is 4.33 Å². The lowest BCUT2D eigenvalue weighted by atomic mass is 10.4. The highest BCUT2D eigenvalue weighted by molar-refractivity contribution is 6.52. The molecule has 0 aromatic carbocycles. The van der Waals surface area contributed by atoms with Gasteiger partial charge in [0.2, 0.25) is 5.91 Å². The van der Waals surface area contributed by atoms with Gasteiger partial charge in [0.1, 0.15) is 4.33 Å². The van der Waals surface area contributed by atoms with Gasteiger partial charge in [-0.05, 0) is 6.42 Å². The van der Waals surface area contributed by atoms with Gasteiger partial charge in [-0.25, -0.2) is 0 Å². The van der Waals surface area contributed by atoms with Gasteiger partial charge in [0.25, 0.3) is 0 Å². The quantitative estimate of drug-likeness (QED) is 0.559. The molecule has 4 heteroatoms. The molecule has 0 aromatic rings. The molecule has 1 aliphatic carbocycles. The van der Waals surface area contributed by atoms with Crippen molar-refractivity contribution in [1.29, 1.82) is 0 Å². The average Bonchev–Trinajstić information content (AvgIpc) is 2.38. The molecule has 0 saturated heterocycles. The second-order valence-electron chi connectivity index (χ2n) is 2.75. The van der Waals surface area contributed by atoms with Crippen LogP contribution >= 0.6 is 23.2 Å². The van der Waals surface area contributed by atoms with Gasteiger partial charge in [-0.3, -0.25) is 4.79 Å². The largest absolute Gasteiger partial charge is 0.348 e. The number of hydrogen-bond donors (Lipinski definition) is 0. The molecule has 58 valence electrons. The first kappa shape index (κ1) is 8.15. The van der Waals surface area contributed by atoms with Crippen molar-refractivity contribution in [3.63, 3.8) is 0 Å². The van der Waals surface area contributed by atoms with Crippen LogP contribution in [-0.4, -0.2) is 29.2 Å². The lowest BCUT2D eigenvalue weighted by molar-refractivity contribution is -0.130. The van der Waals surface area contributed by atoms with Crippen molar-refractivity contribution >= 4 is 29.1 Å². The smallest absolute Gasteiger partial charge is 0.228 e. The van der Waals surface area contributed by atoms with Gasteiger partial charge in [-0.2, -0.15) is 0 Å². The van der Waals surface area contributed by atoms with E-state index in [0.29, 0.717) is 6.42 Å². The molecule has 1 atom stereocenters. The second kappa shape index (κ2) is 2.28. The van der Waals surface area contributed by atoms with Gasteiger partial charge >= 0.3 is 0 Å². The minimum atomic E-state index is -0.776. The molecule has 1 unspecified atom stereocenters. The van der Waals surface area contributed by atoms with E-state index in [-0.39, 0.29) is 11.8 Å². The molecule has 0 bridgehead atoms. The predicted molar refractivity (Wildman–Crippen MR) is 41.2 cm³/mol. The van der Waals surface area contributed by atoms with Crippen molar-refractivity contribution < 1.29 is 4.79 Å². The SMILES string of the molecule is CN(C)C(=O)C1CC1(Cl)Cl. The molecule has 0 heterocycles. The number of hydrogen-bond acceptors (Lipinski definition) is 1. The third-order valence-corrected chi connectivity index (χ3v) is 2.40. The van der Waals surface area contributed by atoms with Crippen LogP contribution in [0, 0.1) is 5.92 Å². The first-order valence-corrected chi connectivity index (χ1v) is 3.80. The lowest BCUT2D eigenvalue weighted by Gasteiger charge is -2.09. The van der Waals surface area contributed by atoms with E-state index in [9.17, 15) is 4.79 Å². The molecule has 0 spiro atoms. The van der Waals surface area contributed by atoms with E-state index in [0.717, 1.165) is 0 Å². The maximum atomic E-state index is 11.1. The second-order valence-corrected chi connectivity index (χ2v) is 4.29. The standard InChI is InChI=1S/C6H9Cl2NO/c1-9(2)5(10)4-3-6(4,7)8/h4H,3H2,1-2H3. The van der Waals surface area contributed by atoms with E-state index in [2.05, 4.69) is 0 Å².